The summed E-state index contributed by atoms with van der Waals surface area (Å²) in [5, 5.41) is 9.03. The maximum atomic E-state index is 12.1. The number of carboxylic acid groups (broad SMARTS) is 1. The second kappa shape index (κ2) is 4.70. The molecule has 3 rings (SSSR count). The molecule has 6 heteroatoms. The van der Waals surface area contributed by atoms with Crippen molar-refractivity contribution in [1.82, 2.24) is 4.90 Å². The lowest BCUT2D eigenvalue weighted by atomic mass is 9.96. The fourth-order valence-electron chi connectivity index (χ4n) is 2.44. The lowest BCUT2D eigenvalue weighted by Crippen LogP contribution is -2.64. The molecule has 98 valence electrons. The normalized spacial score (nSPS) is 25.4. The largest absolute Gasteiger partial charge is 0.477 e. The molecule has 1 aromatic rings. The highest BCUT2D eigenvalue weighted by atomic mass is 32.2. The Balaban J connectivity index is 1.77. The number of thioether (sulfide) groups is 1. The summed E-state index contributed by atoms with van der Waals surface area (Å²) in [6.07, 6.45) is 5.43. The molecule has 2 atom stereocenters. The molecule has 1 fully saturated rings. The molecule has 1 unspecified atom stereocenters. The Kier molecular flexibility index (Phi) is 3.02. The molecular weight excluding hydrogens is 264 g/mol. The Hall–Kier alpha value is -1.82. The molecule has 0 aliphatic carbocycles. The Morgan fingerprint density at radius 1 is 1.42 bits per heavy atom. The molecular formula is C13H13N2O3S+. The van der Waals surface area contributed by atoms with Crippen molar-refractivity contribution in [3.8, 4) is 0 Å². The van der Waals surface area contributed by atoms with Crippen molar-refractivity contribution in [3.05, 3.63) is 42.4 Å². The van der Waals surface area contributed by atoms with Crippen LogP contribution in [0.15, 0.2) is 42.4 Å². The Bertz CT molecular complexity index is 558. The number of carbonyl (C=O) groups excluding carboxylic acids is 1. The van der Waals surface area contributed by atoms with E-state index >= 15 is 0 Å². The highest BCUT2D eigenvalue weighted by molar-refractivity contribution is 8.00. The SMILES string of the molecule is O=C(O)C1=CCS[C@H]2C(C[n+]3ccccc3)C(=O)N12. The van der Waals surface area contributed by atoms with E-state index in [0.717, 1.165) is 0 Å². The molecule has 1 aromatic heterocycles. The number of nitrogens with zero attached hydrogens (tertiary/aromatic N) is 2. The lowest BCUT2D eigenvalue weighted by Gasteiger charge is -2.47. The highest BCUT2D eigenvalue weighted by Gasteiger charge is 2.53. The minimum atomic E-state index is -1.02. The van der Waals surface area contributed by atoms with Crippen molar-refractivity contribution in [2.75, 3.05) is 5.75 Å². The van der Waals surface area contributed by atoms with Gasteiger partial charge in [-0.25, -0.2) is 9.36 Å². The van der Waals surface area contributed by atoms with Crippen LogP contribution in [0.25, 0.3) is 0 Å². The first-order valence-corrected chi connectivity index (χ1v) is 7.05. The molecule has 5 nitrogen and oxygen atoms in total. The van der Waals surface area contributed by atoms with Crippen molar-refractivity contribution < 1.29 is 19.3 Å². The number of rotatable bonds is 3. The number of aromatic nitrogens is 1. The van der Waals surface area contributed by atoms with E-state index in [2.05, 4.69) is 0 Å². The molecule has 0 saturated carbocycles. The van der Waals surface area contributed by atoms with Gasteiger partial charge in [-0.15, -0.1) is 11.8 Å². The van der Waals surface area contributed by atoms with Crippen LogP contribution >= 0.6 is 11.8 Å². The van der Waals surface area contributed by atoms with E-state index in [-0.39, 0.29) is 22.9 Å². The van der Waals surface area contributed by atoms with Crippen molar-refractivity contribution >= 4 is 23.6 Å². The van der Waals surface area contributed by atoms with Crippen LogP contribution in [0.1, 0.15) is 0 Å². The van der Waals surface area contributed by atoms with Gasteiger partial charge in [0.2, 0.25) is 5.91 Å². The summed E-state index contributed by atoms with van der Waals surface area (Å²) in [7, 11) is 0. The number of aliphatic carboxylic acids is 1. The lowest BCUT2D eigenvalue weighted by molar-refractivity contribution is -0.702. The fourth-order valence-corrected chi connectivity index (χ4v) is 3.69. The molecule has 0 aromatic carbocycles. The number of amides is 1. The summed E-state index contributed by atoms with van der Waals surface area (Å²) < 4.78 is 1.96. The van der Waals surface area contributed by atoms with Gasteiger partial charge in [-0.3, -0.25) is 9.69 Å². The van der Waals surface area contributed by atoms with E-state index < -0.39 is 5.97 Å². The first-order chi connectivity index (χ1) is 9.18. The standard InChI is InChI=1S/C13H12N2O3S/c16-11-9(8-14-5-2-1-3-6-14)12-15(11)10(13(17)18)4-7-19-12/h1-6,9,12H,7-8H2/p+1/t9?,12-/m0/s1. The monoisotopic (exact) mass is 277 g/mol. The maximum Gasteiger partial charge on any atom is 0.352 e. The minimum absolute atomic E-state index is 0.0451. The second-order valence-corrected chi connectivity index (χ2v) is 5.66. The number of hydrogen-bond acceptors (Lipinski definition) is 3. The van der Waals surface area contributed by atoms with Crippen molar-refractivity contribution in [2.45, 2.75) is 11.9 Å². The molecule has 2 aliphatic rings. The van der Waals surface area contributed by atoms with Gasteiger partial charge in [-0.05, 0) is 6.08 Å². The van der Waals surface area contributed by atoms with Gasteiger partial charge in [-0.2, -0.15) is 0 Å². The average molecular weight is 277 g/mol. The molecule has 2 aliphatic heterocycles. The van der Waals surface area contributed by atoms with Crippen molar-refractivity contribution in [2.24, 2.45) is 5.92 Å². The maximum absolute atomic E-state index is 12.1. The molecule has 19 heavy (non-hydrogen) atoms. The average Bonchev–Trinajstić information content (AvgIpc) is 2.44. The summed E-state index contributed by atoms with van der Waals surface area (Å²) in [6.45, 7) is 0.598. The third kappa shape index (κ3) is 2.02. The smallest absolute Gasteiger partial charge is 0.352 e. The summed E-state index contributed by atoms with van der Waals surface area (Å²) in [5.74, 6) is -0.612. The van der Waals surface area contributed by atoms with Crippen LogP contribution in [0.2, 0.25) is 0 Å². The molecule has 1 amide bonds. The van der Waals surface area contributed by atoms with Gasteiger partial charge in [0.15, 0.2) is 18.9 Å². The van der Waals surface area contributed by atoms with Crippen LogP contribution in [0.5, 0.6) is 0 Å². The van der Waals surface area contributed by atoms with Crippen LogP contribution in [0.3, 0.4) is 0 Å². The summed E-state index contributed by atoms with van der Waals surface area (Å²) in [5.41, 5.74) is 0.128. The van der Waals surface area contributed by atoms with E-state index in [0.29, 0.717) is 12.3 Å². The van der Waals surface area contributed by atoms with Crippen LogP contribution < -0.4 is 4.57 Å². The second-order valence-electron chi connectivity index (χ2n) is 4.51. The summed E-state index contributed by atoms with van der Waals surface area (Å²) >= 11 is 1.62. The van der Waals surface area contributed by atoms with Gasteiger partial charge < -0.3 is 5.11 Å². The molecule has 1 saturated heterocycles. The van der Waals surface area contributed by atoms with E-state index in [4.69, 9.17) is 5.11 Å². The number of carboxylic acids is 1. The van der Waals surface area contributed by atoms with Gasteiger partial charge >= 0.3 is 5.97 Å². The number of β-lactam (4-membered cyclic amide) rings is 1. The minimum Gasteiger partial charge on any atom is -0.477 e. The van der Waals surface area contributed by atoms with E-state index in [1.54, 1.807) is 17.8 Å². The first kappa shape index (κ1) is 12.2. The van der Waals surface area contributed by atoms with Crippen molar-refractivity contribution in [3.63, 3.8) is 0 Å². The zero-order chi connectivity index (χ0) is 13.4. The predicted molar refractivity (Wildman–Crippen MR) is 68.9 cm³/mol. The topological polar surface area (TPSA) is 61.5 Å². The van der Waals surface area contributed by atoms with Crippen LogP contribution in [0, 0.1) is 5.92 Å². The van der Waals surface area contributed by atoms with Crippen LogP contribution in [-0.4, -0.2) is 33.0 Å². The van der Waals surface area contributed by atoms with Crippen LogP contribution in [0.4, 0.5) is 0 Å². The summed E-state index contributed by atoms with van der Waals surface area (Å²) in [4.78, 5) is 24.6. The Labute approximate surface area is 114 Å². The number of fused-ring (bicyclic) bond motifs is 1. The molecule has 0 bridgehead atoms. The van der Waals surface area contributed by atoms with E-state index in [9.17, 15) is 9.59 Å². The van der Waals surface area contributed by atoms with Gasteiger partial charge in [0.25, 0.3) is 0 Å². The van der Waals surface area contributed by atoms with Gasteiger partial charge in [0.05, 0.1) is 0 Å². The van der Waals surface area contributed by atoms with Gasteiger partial charge in [-0.1, -0.05) is 6.07 Å². The first-order valence-electron chi connectivity index (χ1n) is 6.00. The quantitative estimate of drug-likeness (QED) is 0.644. The van der Waals surface area contributed by atoms with Gasteiger partial charge in [0.1, 0.15) is 17.0 Å². The third-order valence-electron chi connectivity index (χ3n) is 3.36. The third-order valence-corrected chi connectivity index (χ3v) is 4.60. The highest BCUT2D eigenvalue weighted by Crippen LogP contribution is 2.41. The van der Waals surface area contributed by atoms with Gasteiger partial charge in [0, 0.05) is 17.9 Å². The van der Waals surface area contributed by atoms with Crippen molar-refractivity contribution in [1.29, 1.82) is 0 Å². The number of carbonyl (C=O) groups is 2. The summed E-state index contributed by atoms with van der Waals surface area (Å²) in [6, 6.07) is 5.75. The molecule has 3 heterocycles. The zero-order valence-electron chi connectivity index (χ0n) is 10.1. The van der Waals surface area contributed by atoms with E-state index in [1.807, 2.05) is 35.2 Å². The zero-order valence-corrected chi connectivity index (χ0v) is 10.9. The Morgan fingerprint density at radius 3 is 2.84 bits per heavy atom. The predicted octanol–water partition coefficient (Wildman–Crippen LogP) is 0.474. The molecule has 1 N–H and O–H groups in total. The number of hydrogen-bond donors (Lipinski definition) is 1. The molecule has 0 radical (unpaired) electrons. The Morgan fingerprint density at radius 2 is 2.16 bits per heavy atom. The number of pyridine rings is 1. The van der Waals surface area contributed by atoms with E-state index in [1.165, 1.54) is 4.90 Å². The fraction of sp³-hybridized carbons (Fsp3) is 0.308. The molecule has 0 spiro atoms. The van der Waals surface area contributed by atoms with Crippen LogP contribution in [-0.2, 0) is 16.1 Å².